The Morgan fingerprint density at radius 2 is 2.00 bits per heavy atom. The zero-order chi connectivity index (χ0) is 21.9. The third-order valence-electron chi connectivity index (χ3n) is 6.50. The van der Waals surface area contributed by atoms with Crippen LogP contribution in [0.1, 0.15) is 44.2 Å². The molecule has 1 saturated heterocycles. The predicted molar refractivity (Wildman–Crippen MR) is 129 cm³/mol. The van der Waals surface area contributed by atoms with Crippen molar-refractivity contribution in [1.82, 2.24) is 24.2 Å². The number of aromatic nitrogens is 3. The highest BCUT2D eigenvalue weighted by Crippen LogP contribution is 2.37. The molecule has 2 fully saturated rings. The van der Waals surface area contributed by atoms with Gasteiger partial charge in [-0.05, 0) is 56.2 Å². The highest BCUT2D eigenvalue weighted by molar-refractivity contribution is 8.11. The van der Waals surface area contributed by atoms with Gasteiger partial charge in [0.05, 0.1) is 24.4 Å². The maximum atomic E-state index is 15.4. The number of H-pyrrole nitrogens is 1. The molecule has 5 rings (SSSR count). The first-order valence-corrected chi connectivity index (χ1v) is 12.7. The lowest BCUT2D eigenvalue weighted by molar-refractivity contribution is 0.0766. The van der Waals surface area contributed by atoms with Crippen LogP contribution in [0, 0.1) is 5.82 Å². The zero-order valence-electron chi connectivity index (χ0n) is 18.4. The van der Waals surface area contributed by atoms with Crippen molar-refractivity contribution in [3.63, 3.8) is 0 Å². The Morgan fingerprint density at radius 1 is 1.19 bits per heavy atom. The standard InChI is InChI=1S/C24H30FN5OS/c1-2-32(30-12-14-31-15-13-30)29-20-8-5-17(6-9-20)23-22(25)24(28-27-23)19-7-10-21-18(16-19)4-3-11-26-21/h2-4,7,10-11,16-17,20,29H,5-6,8-9,12-15H2,1H3,(H,27,28). The van der Waals surface area contributed by atoms with E-state index in [0.29, 0.717) is 17.4 Å². The average molecular weight is 456 g/mol. The summed E-state index contributed by atoms with van der Waals surface area (Å²) in [6.07, 6.45) is 5.77. The summed E-state index contributed by atoms with van der Waals surface area (Å²) >= 11 is 0. The number of halogens is 1. The van der Waals surface area contributed by atoms with E-state index in [1.807, 2.05) is 30.3 Å². The van der Waals surface area contributed by atoms with Gasteiger partial charge in [0, 0.05) is 42.2 Å². The number of hydrogen-bond acceptors (Lipinski definition) is 5. The van der Waals surface area contributed by atoms with E-state index in [0.717, 1.165) is 68.5 Å². The Hall–Kier alpha value is -2.13. The van der Waals surface area contributed by atoms with E-state index in [-0.39, 0.29) is 22.6 Å². The van der Waals surface area contributed by atoms with Crippen molar-refractivity contribution in [3.8, 4) is 11.3 Å². The van der Waals surface area contributed by atoms with Gasteiger partial charge >= 0.3 is 0 Å². The number of fused-ring (bicyclic) bond motifs is 1. The van der Waals surface area contributed by atoms with E-state index >= 15 is 4.39 Å². The average Bonchev–Trinajstić information content (AvgIpc) is 3.24. The molecule has 3 heterocycles. The molecule has 0 bridgehead atoms. The summed E-state index contributed by atoms with van der Waals surface area (Å²) in [5, 5.41) is 10.6. The lowest BCUT2D eigenvalue weighted by Crippen LogP contribution is -2.39. The molecule has 0 amide bonds. The maximum Gasteiger partial charge on any atom is 0.172 e. The predicted octanol–water partition coefficient (Wildman–Crippen LogP) is 4.63. The van der Waals surface area contributed by atoms with Crippen molar-refractivity contribution in [2.24, 2.45) is 0 Å². The van der Waals surface area contributed by atoms with Crippen molar-refractivity contribution in [3.05, 3.63) is 48.0 Å². The van der Waals surface area contributed by atoms with Gasteiger partial charge in [-0.2, -0.15) is 5.10 Å². The quantitative estimate of drug-likeness (QED) is 0.549. The Labute approximate surface area is 190 Å². The summed E-state index contributed by atoms with van der Waals surface area (Å²) in [6.45, 7) is 5.69. The first-order chi connectivity index (χ1) is 15.7. The van der Waals surface area contributed by atoms with Gasteiger partial charge in [0.25, 0.3) is 0 Å². The van der Waals surface area contributed by atoms with Crippen molar-refractivity contribution in [2.45, 2.75) is 44.6 Å². The second kappa shape index (κ2) is 9.79. The van der Waals surface area contributed by atoms with E-state index in [4.69, 9.17) is 4.74 Å². The minimum absolute atomic E-state index is 0.0291. The normalized spacial score (nSPS) is 23.6. The molecule has 2 N–H and O–H groups in total. The number of nitrogens with zero attached hydrogens (tertiary/aromatic N) is 3. The lowest BCUT2D eigenvalue weighted by Gasteiger charge is -2.35. The molecule has 0 radical (unpaired) electrons. The van der Waals surface area contributed by atoms with Gasteiger partial charge in [-0.3, -0.25) is 14.8 Å². The molecule has 0 spiro atoms. The summed E-state index contributed by atoms with van der Waals surface area (Å²) < 4.78 is 27.1. The number of rotatable bonds is 5. The molecule has 8 heteroatoms. The number of hydrogen-bond donors (Lipinski definition) is 2. The van der Waals surface area contributed by atoms with Crippen LogP contribution in [0.15, 0.2) is 36.5 Å². The Bertz CT molecular complexity index is 1100. The molecule has 3 aromatic rings. The number of ether oxygens (including phenoxy) is 1. The van der Waals surface area contributed by atoms with Crippen LogP contribution in [-0.4, -0.2) is 57.2 Å². The monoisotopic (exact) mass is 455 g/mol. The van der Waals surface area contributed by atoms with Crippen molar-refractivity contribution >= 4 is 27.1 Å². The highest BCUT2D eigenvalue weighted by Gasteiger charge is 2.28. The Balaban J connectivity index is 1.24. The number of morpholine rings is 1. The molecule has 32 heavy (non-hydrogen) atoms. The molecule has 1 atom stereocenters. The number of pyridine rings is 1. The van der Waals surface area contributed by atoms with Gasteiger partial charge in [-0.1, -0.05) is 23.0 Å². The van der Waals surface area contributed by atoms with E-state index in [2.05, 4.69) is 36.5 Å². The summed E-state index contributed by atoms with van der Waals surface area (Å²) in [5.41, 5.74) is 2.74. The number of aromatic amines is 1. The molecular weight excluding hydrogens is 425 g/mol. The SMILES string of the molecule is C/C=S(/NC1CCC(c2[nH]nc(-c3ccc4ncccc4c3)c2F)CC1)N1CCOCC1. The molecule has 1 unspecified atom stereocenters. The van der Waals surface area contributed by atoms with E-state index in [1.54, 1.807) is 6.20 Å². The molecule has 2 aliphatic rings. The Morgan fingerprint density at radius 3 is 2.78 bits per heavy atom. The third kappa shape index (κ3) is 4.50. The topological polar surface area (TPSA) is 66.1 Å². The smallest absolute Gasteiger partial charge is 0.172 e. The summed E-state index contributed by atoms with van der Waals surface area (Å²) in [4.78, 5) is 4.34. The fourth-order valence-corrected chi connectivity index (χ4v) is 6.44. The van der Waals surface area contributed by atoms with E-state index < -0.39 is 0 Å². The highest BCUT2D eigenvalue weighted by atomic mass is 32.2. The van der Waals surface area contributed by atoms with E-state index in [1.165, 1.54) is 0 Å². The zero-order valence-corrected chi connectivity index (χ0v) is 19.2. The van der Waals surface area contributed by atoms with Crippen molar-refractivity contribution < 1.29 is 9.13 Å². The molecule has 2 aromatic heterocycles. The second-order valence-corrected chi connectivity index (χ2v) is 10.3. The molecule has 1 aliphatic carbocycles. The number of benzene rings is 1. The van der Waals surface area contributed by atoms with E-state index in [9.17, 15) is 0 Å². The fraction of sp³-hybridized carbons (Fsp3) is 0.458. The van der Waals surface area contributed by atoms with Gasteiger partial charge in [0.1, 0.15) is 5.69 Å². The van der Waals surface area contributed by atoms with Crippen LogP contribution in [0.25, 0.3) is 22.2 Å². The minimum atomic E-state index is -0.209. The molecule has 1 aromatic carbocycles. The van der Waals surface area contributed by atoms with Gasteiger partial charge in [0.15, 0.2) is 5.82 Å². The van der Waals surface area contributed by atoms with Crippen molar-refractivity contribution in [1.29, 1.82) is 0 Å². The summed E-state index contributed by atoms with van der Waals surface area (Å²) in [7, 11) is -0.0291. The molecule has 1 aliphatic heterocycles. The van der Waals surface area contributed by atoms with Gasteiger partial charge in [-0.25, -0.2) is 8.70 Å². The van der Waals surface area contributed by atoms with Crippen LogP contribution in [0.4, 0.5) is 4.39 Å². The van der Waals surface area contributed by atoms with Crippen LogP contribution in [0.5, 0.6) is 0 Å². The van der Waals surface area contributed by atoms with Gasteiger partial charge in [0.2, 0.25) is 0 Å². The molecule has 170 valence electrons. The second-order valence-electron chi connectivity index (χ2n) is 8.47. The maximum absolute atomic E-state index is 15.4. The number of nitrogens with one attached hydrogen (secondary N) is 2. The van der Waals surface area contributed by atoms with Crippen LogP contribution in [-0.2, 0) is 4.74 Å². The molecular formula is C24H30FN5OS. The van der Waals surface area contributed by atoms with Gasteiger partial charge in [-0.15, -0.1) is 0 Å². The van der Waals surface area contributed by atoms with Crippen molar-refractivity contribution in [2.75, 3.05) is 26.3 Å². The van der Waals surface area contributed by atoms with Gasteiger partial charge < -0.3 is 4.74 Å². The molecule has 6 nitrogen and oxygen atoms in total. The first kappa shape index (κ1) is 21.7. The van der Waals surface area contributed by atoms with Crippen LogP contribution >= 0.6 is 10.9 Å². The fourth-order valence-electron chi connectivity index (χ4n) is 4.73. The van der Waals surface area contributed by atoms with Crippen LogP contribution in [0.3, 0.4) is 0 Å². The molecule has 1 saturated carbocycles. The largest absolute Gasteiger partial charge is 0.379 e. The minimum Gasteiger partial charge on any atom is -0.379 e. The first-order valence-electron chi connectivity index (χ1n) is 11.4. The lowest BCUT2D eigenvalue weighted by atomic mass is 9.84. The Kier molecular flexibility index (Phi) is 6.64. The van der Waals surface area contributed by atoms with Crippen LogP contribution in [0.2, 0.25) is 0 Å². The van der Waals surface area contributed by atoms with Crippen LogP contribution < -0.4 is 4.72 Å². The summed E-state index contributed by atoms with van der Waals surface area (Å²) in [5.74, 6) is -0.0215. The third-order valence-corrected chi connectivity index (χ3v) is 8.45. The summed E-state index contributed by atoms with van der Waals surface area (Å²) in [6, 6.07) is 10.1.